The van der Waals surface area contributed by atoms with E-state index in [1.165, 1.54) is 5.56 Å². The summed E-state index contributed by atoms with van der Waals surface area (Å²) in [6.07, 6.45) is 1.55. The second kappa shape index (κ2) is 5.36. The van der Waals surface area contributed by atoms with Crippen molar-refractivity contribution in [1.29, 1.82) is 0 Å². The van der Waals surface area contributed by atoms with E-state index in [4.69, 9.17) is 4.74 Å². The third-order valence-electron chi connectivity index (χ3n) is 4.02. The minimum Gasteiger partial charge on any atom is -0.449 e. The third-order valence-corrected chi connectivity index (χ3v) is 4.02. The number of esters is 1. The molecule has 0 N–H and O–H groups in total. The fourth-order valence-corrected chi connectivity index (χ4v) is 2.54. The number of carbonyl (C=O) groups is 1. The Morgan fingerprint density at radius 3 is 2.67 bits per heavy atom. The minimum absolute atomic E-state index is 0.267. The molecule has 3 nitrogen and oxygen atoms in total. The van der Waals surface area contributed by atoms with Crippen molar-refractivity contribution < 1.29 is 9.53 Å². The predicted molar refractivity (Wildman–Crippen MR) is 82.8 cm³/mol. The first-order valence-electron chi connectivity index (χ1n) is 7.24. The maximum atomic E-state index is 11.9. The molecule has 1 aromatic carbocycles. The average molecular weight is 278 g/mol. The monoisotopic (exact) mass is 278 g/mol. The summed E-state index contributed by atoms with van der Waals surface area (Å²) in [7, 11) is 2.08. The number of rotatable bonds is 4. The standard InChI is InChI=1S/C17H17BNO2/c1-3-17(2)15-13(16(20)21-17)9-10-14(19-15)18-11-12-7-5-4-6-8-12/h4-10H,3,11H2,1-2H3/t17-/m1/s1. The summed E-state index contributed by atoms with van der Waals surface area (Å²) in [6, 6.07) is 13.9. The van der Waals surface area contributed by atoms with Crippen molar-refractivity contribution in [3.05, 3.63) is 59.3 Å². The number of pyridine rings is 1. The highest BCUT2D eigenvalue weighted by Gasteiger charge is 2.41. The van der Waals surface area contributed by atoms with Gasteiger partial charge in [0.1, 0.15) is 0 Å². The molecule has 0 saturated carbocycles. The smallest absolute Gasteiger partial charge is 0.341 e. The summed E-state index contributed by atoms with van der Waals surface area (Å²) < 4.78 is 5.47. The van der Waals surface area contributed by atoms with Crippen LogP contribution in [0.1, 0.15) is 41.9 Å². The van der Waals surface area contributed by atoms with Gasteiger partial charge in [-0.2, -0.15) is 0 Å². The van der Waals surface area contributed by atoms with Crippen molar-refractivity contribution in [2.75, 3.05) is 0 Å². The highest BCUT2D eigenvalue weighted by atomic mass is 16.6. The number of fused-ring (bicyclic) bond motifs is 1. The number of hydrogen-bond acceptors (Lipinski definition) is 3. The van der Waals surface area contributed by atoms with Crippen LogP contribution in [0.15, 0.2) is 42.5 Å². The molecule has 2 aromatic rings. The Labute approximate surface area is 125 Å². The predicted octanol–water partition coefficient (Wildman–Crippen LogP) is 2.41. The van der Waals surface area contributed by atoms with Crippen LogP contribution < -0.4 is 5.59 Å². The van der Waals surface area contributed by atoms with Crippen LogP contribution in [0.2, 0.25) is 0 Å². The summed E-state index contributed by atoms with van der Waals surface area (Å²) in [6.45, 7) is 3.93. The van der Waals surface area contributed by atoms with Gasteiger partial charge < -0.3 is 4.74 Å². The Morgan fingerprint density at radius 2 is 1.95 bits per heavy atom. The van der Waals surface area contributed by atoms with Gasteiger partial charge in [0.2, 0.25) is 0 Å². The second-order valence-corrected chi connectivity index (χ2v) is 5.50. The quantitative estimate of drug-likeness (QED) is 0.637. The van der Waals surface area contributed by atoms with Crippen LogP contribution in [0.3, 0.4) is 0 Å². The first-order valence-corrected chi connectivity index (χ1v) is 7.24. The zero-order valence-electron chi connectivity index (χ0n) is 12.3. The summed E-state index contributed by atoms with van der Waals surface area (Å²) in [5.74, 6) is -0.267. The maximum Gasteiger partial charge on any atom is 0.341 e. The van der Waals surface area contributed by atoms with E-state index in [1.54, 1.807) is 0 Å². The Morgan fingerprint density at radius 1 is 1.19 bits per heavy atom. The molecule has 0 aliphatic carbocycles. The van der Waals surface area contributed by atoms with Crippen molar-refractivity contribution in [3.63, 3.8) is 0 Å². The Balaban J connectivity index is 1.83. The second-order valence-electron chi connectivity index (χ2n) is 5.50. The summed E-state index contributed by atoms with van der Waals surface area (Å²) in [5, 5.41) is 0. The van der Waals surface area contributed by atoms with E-state index < -0.39 is 5.60 Å². The zero-order valence-corrected chi connectivity index (χ0v) is 12.3. The van der Waals surface area contributed by atoms with Crippen LogP contribution in [-0.4, -0.2) is 18.2 Å². The molecule has 1 atom stereocenters. The summed E-state index contributed by atoms with van der Waals surface area (Å²) in [4.78, 5) is 16.5. The molecule has 1 aliphatic rings. The molecule has 0 unspecified atom stereocenters. The van der Waals surface area contributed by atoms with E-state index >= 15 is 0 Å². The lowest BCUT2D eigenvalue weighted by Gasteiger charge is -2.21. The molecule has 1 aromatic heterocycles. The van der Waals surface area contributed by atoms with Crippen LogP contribution >= 0.6 is 0 Å². The minimum atomic E-state index is -0.594. The molecule has 0 amide bonds. The van der Waals surface area contributed by atoms with Gasteiger partial charge in [-0.1, -0.05) is 42.8 Å². The third kappa shape index (κ3) is 2.58. The van der Waals surface area contributed by atoms with Gasteiger partial charge in [-0.25, -0.2) is 4.79 Å². The molecule has 4 heteroatoms. The number of carbonyl (C=O) groups excluding carboxylic acids is 1. The number of aromatic nitrogens is 1. The first-order chi connectivity index (χ1) is 10.1. The van der Waals surface area contributed by atoms with Crippen LogP contribution in [0.25, 0.3) is 0 Å². The van der Waals surface area contributed by atoms with Crippen molar-refractivity contribution in [3.8, 4) is 0 Å². The fourth-order valence-electron chi connectivity index (χ4n) is 2.54. The fraction of sp³-hybridized carbons (Fsp3) is 0.294. The van der Waals surface area contributed by atoms with E-state index in [0.717, 1.165) is 24.0 Å². The lowest BCUT2D eigenvalue weighted by atomic mass is 9.68. The van der Waals surface area contributed by atoms with E-state index in [0.29, 0.717) is 5.56 Å². The molecule has 0 fully saturated rings. The molecular formula is C17H17BNO2. The highest BCUT2D eigenvalue weighted by molar-refractivity contribution is 6.51. The molecule has 2 heterocycles. The van der Waals surface area contributed by atoms with Crippen molar-refractivity contribution in [2.24, 2.45) is 0 Å². The number of benzene rings is 1. The lowest BCUT2D eigenvalue weighted by Crippen LogP contribution is -2.27. The van der Waals surface area contributed by atoms with E-state index in [2.05, 4.69) is 24.4 Å². The van der Waals surface area contributed by atoms with Crippen LogP contribution in [-0.2, 0) is 16.7 Å². The number of ether oxygens (including phenoxy) is 1. The number of hydrogen-bond donors (Lipinski definition) is 0. The van der Waals surface area contributed by atoms with Crippen LogP contribution in [0.4, 0.5) is 0 Å². The van der Waals surface area contributed by atoms with Crippen molar-refractivity contribution in [2.45, 2.75) is 32.2 Å². The van der Waals surface area contributed by atoms with Gasteiger partial charge in [0.15, 0.2) is 12.9 Å². The van der Waals surface area contributed by atoms with E-state index in [1.807, 2.05) is 44.2 Å². The molecule has 1 aliphatic heterocycles. The van der Waals surface area contributed by atoms with Crippen LogP contribution in [0.5, 0.6) is 0 Å². The van der Waals surface area contributed by atoms with Gasteiger partial charge in [-0.05, 0) is 37.4 Å². The lowest BCUT2D eigenvalue weighted by molar-refractivity contribution is -0.00218. The highest BCUT2D eigenvalue weighted by Crippen LogP contribution is 2.36. The molecular weight excluding hydrogens is 261 g/mol. The zero-order chi connectivity index (χ0) is 14.9. The van der Waals surface area contributed by atoms with E-state index in [-0.39, 0.29) is 5.97 Å². The van der Waals surface area contributed by atoms with Gasteiger partial charge in [-0.3, -0.25) is 4.98 Å². The van der Waals surface area contributed by atoms with Gasteiger partial charge >= 0.3 is 5.97 Å². The molecule has 3 rings (SSSR count). The number of nitrogens with zero attached hydrogens (tertiary/aromatic N) is 1. The van der Waals surface area contributed by atoms with Crippen LogP contribution in [0, 0.1) is 0 Å². The Bertz CT molecular complexity index is 672. The topological polar surface area (TPSA) is 39.2 Å². The van der Waals surface area contributed by atoms with Gasteiger partial charge in [0.25, 0.3) is 0 Å². The molecule has 0 bridgehead atoms. The summed E-state index contributed by atoms with van der Waals surface area (Å²) in [5.41, 5.74) is 2.89. The number of cyclic esters (lactones) is 1. The normalized spacial score (nSPS) is 20.0. The Hall–Kier alpha value is -2.10. The molecule has 0 spiro atoms. The van der Waals surface area contributed by atoms with Crippen molar-refractivity contribution in [1.82, 2.24) is 4.98 Å². The van der Waals surface area contributed by atoms with Gasteiger partial charge in [-0.15, -0.1) is 0 Å². The SMILES string of the molecule is CC[C@@]1(C)OC(=O)c2ccc([B]Cc3ccccc3)nc21. The van der Waals surface area contributed by atoms with Crippen molar-refractivity contribution >= 4 is 18.8 Å². The van der Waals surface area contributed by atoms with E-state index in [9.17, 15) is 4.79 Å². The van der Waals surface area contributed by atoms with Gasteiger partial charge in [0.05, 0.1) is 11.3 Å². The Kier molecular flexibility index (Phi) is 3.54. The van der Waals surface area contributed by atoms with Gasteiger partial charge in [0, 0.05) is 0 Å². The molecule has 105 valence electrons. The average Bonchev–Trinajstić information content (AvgIpc) is 2.78. The maximum absolute atomic E-state index is 11.9. The first kappa shape index (κ1) is 13.9. The summed E-state index contributed by atoms with van der Waals surface area (Å²) >= 11 is 0. The molecule has 1 radical (unpaired) electrons. The molecule has 21 heavy (non-hydrogen) atoms. The molecule has 0 saturated heterocycles. The largest absolute Gasteiger partial charge is 0.449 e.